The first-order valence-corrected chi connectivity index (χ1v) is 8.03. The summed E-state index contributed by atoms with van der Waals surface area (Å²) in [5.74, 6) is -0.155. The van der Waals surface area contributed by atoms with Gasteiger partial charge < -0.3 is 15.8 Å². The van der Waals surface area contributed by atoms with E-state index in [1.807, 2.05) is 0 Å². The maximum absolute atomic E-state index is 11.0. The molecule has 3 N–H and O–H groups in total. The average Bonchev–Trinajstić information content (AvgIpc) is 2.58. The van der Waals surface area contributed by atoms with E-state index >= 15 is 0 Å². The number of hydrogen-bond donors (Lipinski definition) is 3. The van der Waals surface area contributed by atoms with E-state index in [4.69, 9.17) is 5.41 Å². The lowest BCUT2D eigenvalue weighted by Gasteiger charge is -2.01. The molecule has 0 saturated carbocycles. The Hall–Kier alpha value is -2.26. The number of nitro benzene ring substituents is 1. The van der Waals surface area contributed by atoms with Crippen LogP contribution in [0.1, 0.15) is 15.9 Å². The Morgan fingerprint density at radius 3 is 2.33 bits per heavy atom. The maximum atomic E-state index is 11.0. The first kappa shape index (κ1) is 19.8. The van der Waals surface area contributed by atoms with Crippen LogP contribution in [0.4, 0.5) is 5.69 Å². The van der Waals surface area contributed by atoms with Gasteiger partial charge in [0.05, 0.1) is 9.40 Å². The highest BCUT2D eigenvalue weighted by Gasteiger charge is 2.07. The van der Waals surface area contributed by atoms with Gasteiger partial charge in [0.2, 0.25) is 0 Å². The zero-order valence-electron chi connectivity index (χ0n) is 12.4. The van der Waals surface area contributed by atoms with Crippen LogP contribution in [0.3, 0.4) is 0 Å². The molecule has 0 heterocycles. The molecule has 2 rings (SSSR count). The minimum absolute atomic E-state index is 0.0207. The van der Waals surface area contributed by atoms with Crippen molar-refractivity contribution in [2.24, 2.45) is 0 Å². The molecule has 9 heteroatoms. The molecule has 0 radical (unpaired) electrons. The molecule has 0 aliphatic carbocycles. The number of nitrogens with one attached hydrogen (secondary N) is 2. The van der Waals surface area contributed by atoms with Crippen molar-refractivity contribution in [3.05, 3.63) is 66.6 Å². The molecule has 0 bridgehead atoms. The average molecular weight is 459 g/mol. The number of benzene rings is 2. The van der Waals surface area contributed by atoms with Gasteiger partial charge in [-0.15, -0.1) is 0 Å². The van der Waals surface area contributed by atoms with E-state index in [0.29, 0.717) is 15.6 Å². The van der Waals surface area contributed by atoms with Crippen molar-refractivity contribution >= 4 is 49.7 Å². The quantitative estimate of drug-likeness (QED) is 0.367. The monoisotopic (exact) mass is 457 g/mol. The van der Waals surface area contributed by atoms with E-state index < -0.39 is 4.92 Å². The summed E-state index contributed by atoms with van der Waals surface area (Å²) in [7, 11) is 1.50. The fourth-order valence-electron chi connectivity index (χ4n) is 1.57. The van der Waals surface area contributed by atoms with E-state index in [1.54, 1.807) is 12.1 Å². The molecule has 7 nitrogen and oxygen atoms in total. The molecule has 1 amide bonds. The number of phenolic OH excluding ortho intramolecular Hbond substituents is 1. The number of nitrogens with zero attached hydrogens (tertiary/aromatic N) is 1. The molecule has 0 saturated heterocycles. The molecule has 0 aliphatic heterocycles. The zero-order chi connectivity index (χ0) is 18.3. The smallest absolute Gasteiger partial charge is 0.269 e. The molecule has 24 heavy (non-hydrogen) atoms. The number of rotatable bonds is 3. The Balaban J connectivity index is 0.000000243. The number of carbonyl (C=O) groups excluding carboxylic acids is 1. The summed E-state index contributed by atoms with van der Waals surface area (Å²) in [6.07, 6.45) is 1.10. The van der Waals surface area contributed by atoms with Crippen LogP contribution in [-0.4, -0.2) is 29.2 Å². The maximum Gasteiger partial charge on any atom is 0.269 e. The van der Waals surface area contributed by atoms with Gasteiger partial charge in [-0.05, 0) is 40.2 Å². The van der Waals surface area contributed by atoms with E-state index in [9.17, 15) is 20.0 Å². The van der Waals surface area contributed by atoms with E-state index in [1.165, 1.54) is 31.3 Å². The van der Waals surface area contributed by atoms with Gasteiger partial charge in [0.15, 0.2) is 0 Å². The molecular formula is C15H13Br2N3O4. The number of non-ortho nitro benzene ring substituents is 1. The highest BCUT2D eigenvalue weighted by molar-refractivity contribution is 9.11. The van der Waals surface area contributed by atoms with Crippen molar-refractivity contribution < 1.29 is 14.8 Å². The second-order valence-electron chi connectivity index (χ2n) is 4.35. The van der Waals surface area contributed by atoms with E-state index in [-0.39, 0.29) is 17.3 Å². The third-order valence-electron chi connectivity index (χ3n) is 2.78. The van der Waals surface area contributed by atoms with Crippen LogP contribution in [0.25, 0.3) is 0 Å². The summed E-state index contributed by atoms with van der Waals surface area (Å²) in [6.45, 7) is 0. The van der Waals surface area contributed by atoms with Crippen LogP contribution in [0.15, 0.2) is 45.3 Å². The Morgan fingerprint density at radius 2 is 1.88 bits per heavy atom. The molecule has 2 aromatic rings. The second kappa shape index (κ2) is 9.14. The number of halogens is 2. The van der Waals surface area contributed by atoms with Crippen LogP contribution in [0, 0.1) is 15.5 Å². The highest BCUT2D eigenvalue weighted by atomic mass is 79.9. The molecule has 0 spiro atoms. The largest absolute Gasteiger partial charge is 0.506 e. The van der Waals surface area contributed by atoms with Crippen molar-refractivity contribution in [3.8, 4) is 5.75 Å². The second-order valence-corrected chi connectivity index (χ2v) is 6.12. The Kier molecular flexibility index (Phi) is 7.53. The zero-order valence-corrected chi connectivity index (χ0v) is 15.6. The molecule has 0 atom stereocenters. The first-order valence-electron chi connectivity index (χ1n) is 6.45. The highest BCUT2D eigenvalue weighted by Crippen LogP contribution is 2.30. The van der Waals surface area contributed by atoms with E-state index in [0.717, 1.165) is 10.7 Å². The lowest BCUT2D eigenvalue weighted by molar-refractivity contribution is -0.384. The number of carbonyl (C=O) groups is 1. The normalized spacial score (nSPS) is 9.46. The van der Waals surface area contributed by atoms with Gasteiger partial charge in [0.1, 0.15) is 5.75 Å². The molecular weight excluding hydrogens is 446 g/mol. The lowest BCUT2D eigenvalue weighted by atomic mass is 10.2. The van der Waals surface area contributed by atoms with E-state index in [2.05, 4.69) is 37.2 Å². The predicted octanol–water partition coefficient (Wildman–Crippen LogP) is 3.87. The summed E-state index contributed by atoms with van der Waals surface area (Å²) < 4.78 is 1.42. The van der Waals surface area contributed by atoms with Gasteiger partial charge in [-0.2, -0.15) is 0 Å². The Labute approximate surface area is 154 Å². The summed E-state index contributed by atoms with van der Waals surface area (Å²) in [4.78, 5) is 20.8. The minimum atomic E-state index is -0.506. The van der Waals surface area contributed by atoms with Crippen molar-refractivity contribution in [2.45, 2.75) is 0 Å². The van der Waals surface area contributed by atoms with Gasteiger partial charge in [0, 0.05) is 41.0 Å². The Bertz CT molecular complexity index is 764. The van der Waals surface area contributed by atoms with Crippen LogP contribution in [0.2, 0.25) is 0 Å². The summed E-state index contributed by atoms with van der Waals surface area (Å²) >= 11 is 6.40. The molecule has 0 unspecified atom stereocenters. The summed E-state index contributed by atoms with van der Waals surface area (Å²) in [5, 5.41) is 28.9. The first-order chi connectivity index (χ1) is 11.3. The summed E-state index contributed by atoms with van der Waals surface area (Å²) in [6, 6.07) is 8.82. The number of amides is 1. The fraction of sp³-hybridized carbons (Fsp3) is 0.0667. The van der Waals surface area contributed by atoms with Crippen molar-refractivity contribution in [1.29, 1.82) is 5.41 Å². The van der Waals surface area contributed by atoms with Gasteiger partial charge in [-0.3, -0.25) is 14.9 Å². The molecule has 2 aromatic carbocycles. The van der Waals surface area contributed by atoms with Crippen molar-refractivity contribution in [1.82, 2.24) is 5.32 Å². The number of aromatic hydroxyl groups is 1. The number of phenols is 1. The van der Waals surface area contributed by atoms with Crippen LogP contribution < -0.4 is 5.32 Å². The van der Waals surface area contributed by atoms with Crippen molar-refractivity contribution in [3.63, 3.8) is 0 Å². The molecule has 0 fully saturated rings. The minimum Gasteiger partial charge on any atom is -0.506 e. The van der Waals surface area contributed by atoms with Gasteiger partial charge in [-0.1, -0.05) is 15.9 Å². The van der Waals surface area contributed by atoms with Crippen molar-refractivity contribution in [2.75, 3.05) is 7.05 Å². The molecule has 126 valence electrons. The lowest BCUT2D eigenvalue weighted by Crippen LogP contribution is -2.17. The predicted molar refractivity (Wildman–Crippen MR) is 97.9 cm³/mol. The SMILES string of the molecule is CNC(=O)c1ccc([N+](=O)[O-])cc1.N=Cc1cc(Br)cc(Br)c1O. The third kappa shape index (κ3) is 5.43. The standard InChI is InChI=1S/C8H8N2O3.C7H5Br2NO/c1-9-8(11)6-2-4-7(5-3-6)10(12)13;8-5-1-4(3-10)7(11)6(9)2-5/h2-5H,1H3,(H,9,11);1-3,10-11H. The molecule has 0 aliphatic rings. The summed E-state index contributed by atoms with van der Waals surface area (Å²) in [5.41, 5.74) is 0.881. The Morgan fingerprint density at radius 1 is 1.29 bits per heavy atom. The van der Waals surface area contributed by atoms with Crippen LogP contribution in [-0.2, 0) is 0 Å². The third-order valence-corrected chi connectivity index (χ3v) is 3.84. The topological polar surface area (TPSA) is 116 Å². The number of hydrogen-bond acceptors (Lipinski definition) is 5. The van der Waals surface area contributed by atoms with Crippen LogP contribution in [0.5, 0.6) is 5.75 Å². The fourth-order valence-corrected chi connectivity index (χ4v) is 2.83. The van der Waals surface area contributed by atoms with Gasteiger partial charge >= 0.3 is 0 Å². The number of nitro groups is 1. The van der Waals surface area contributed by atoms with Crippen LogP contribution >= 0.6 is 31.9 Å². The van der Waals surface area contributed by atoms with Gasteiger partial charge in [0.25, 0.3) is 11.6 Å². The molecule has 0 aromatic heterocycles. The van der Waals surface area contributed by atoms with Gasteiger partial charge in [-0.25, -0.2) is 0 Å².